The van der Waals surface area contributed by atoms with Crippen molar-refractivity contribution in [2.75, 3.05) is 69.0 Å². The topological polar surface area (TPSA) is 433 Å². The number of allylic oxidation sites excluding steroid dienone is 6. The third kappa shape index (κ3) is 27.0. The molecule has 6 fully saturated rings. The molecule has 718 valence electrons. The van der Waals surface area contributed by atoms with Crippen LogP contribution in [0.4, 0.5) is 9.59 Å². The number of fused-ring (bicyclic) bond motifs is 6. The summed E-state index contributed by atoms with van der Waals surface area (Å²) in [6.45, 7) is 17.3. The standard InChI is InChI=1S/C96H146N4O28/c1-53-37-55(3)41-79(119-13)85-81(121-15)45-59(7)95(115,127-85)87(107)89(109)99-33-19-17-21-69(99)91(111)125-83(57(5)43-65-27-29-71(101)77(47-65)117-11)61(9)73(103)49-75(105)67(39-53)31-35-123-93(113)97-51-63-23-25-64(26-24-63)52-98-94(114)124-36-32-68-40-54(2)38-56(4)42-80(120-14)86-82(122-16)46-60(8)96(116,128-86)88(108)90(110)100-34-20-18-22-70(100)92(112)126-84(62(10)74(104)50-76(68)106)58(6)44-66-28-30-72(102)78(48-66)118-12/h23-26,39-40,43-44,55-56,59-62,65-74,77-86,101-104,115-116H,17-22,27-38,41-42,45-52H2,1-16H3,(H,97,113)(H,98,114)/b53-39+,54-40+,57-43+,58-44+/t55-,56-,59+,60+,61+,62+,65-,66-,67+,68+,69-,70-,71+,72+,73-,74-,77+,78+,79-,80-,81+,82+,83?,84?,85?,86?,95+,96+/m0/s1. The molecule has 4 unspecified atom stereocenters. The number of aliphatic hydroxyl groups is 6. The smallest absolute Gasteiger partial charge is 0.407 e. The van der Waals surface area contributed by atoms with Gasteiger partial charge in [0, 0.05) is 117 Å². The van der Waals surface area contributed by atoms with E-state index < -0.39 is 205 Å². The Morgan fingerprint density at radius 1 is 0.461 bits per heavy atom. The van der Waals surface area contributed by atoms with Crippen molar-refractivity contribution in [3.05, 3.63) is 82.0 Å². The Bertz CT molecular complexity index is 3790. The zero-order chi connectivity index (χ0) is 93.8. The molecular formula is C96H146N4O28. The molecule has 6 aliphatic heterocycles. The number of hydrogen-bond acceptors (Lipinski definition) is 28. The highest BCUT2D eigenvalue weighted by atomic mass is 16.7. The number of ether oxygens (including phenoxy) is 12. The van der Waals surface area contributed by atoms with E-state index in [1.165, 1.54) is 42.7 Å². The third-order valence-electron chi connectivity index (χ3n) is 28.1. The highest BCUT2D eigenvalue weighted by molar-refractivity contribution is 6.39. The molecule has 0 radical (unpaired) electrons. The number of Topliss-reactive ketones (excluding diaryl/α,β-unsaturated/α-hetero) is 4. The van der Waals surface area contributed by atoms with Crippen LogP contribution in [0, 0.1) is 59.2 Å². The van der Waals surface area contributed by atoms with Crippen LogP contribution in [0.5, 0.6) is 0 Å². The first-order valence-electron chi connectivity index (χ1n) is 46.3. The summed E-state index contributed by atoms with van der Waals surface area (Å²) in [7, 11) is 8.97. The minimum atomic E-state index is -2.63. The normalized spacial score (nSPS) is 37.8. The first-order chi connectivity index (χ1) is 60.8. The highest BCUT2D eigenvalue weighted by Gasteiger charge is 2.59. The van der Waals surface area contributed by atoms with E-state index in [9.17, 15) is 78.6 Å². The maximum atomic E-state index is 14.9. The summed E-state index contributed by atoms with van der Waals surface area (Å²) in [4.78, 5) is 147. The van der Waals surface area contributed by atoms with Crippen LogP contribution in [-0.4, -0.2) is 278 Å². The fourth-order valence-corrected chi connectivity index (χ4v) is 20.4. The number of aliphatic hydroxyl groups excluding tert-OH is 4. The molecule has 4 saturated heterocycles. The molecule has 2 saturated carbocycles. The molecule has 1 aromatic rings. The number of carbonyl (C=O) groups is 10. The van der Waals surface area contributed by atoms with E-state index >= 15 is 0 Å². The molecule has 9 rings (SSSR count). The van der Waals surface area contributed by atoms with Gasteiger partial charge in [0.2, 0.25) is 11.6 Å². The molecule has 8 N–H and O–H groups in total. The molecule has 4 amide bonds. The number of carbonyl (C=O) groups excluding carboxylic acids is 10. The Labute approximate surface area is 754 Å². The summed E-state index contributed by atoms with van der Waals surface area (Å²) in [6, 6.07) is 4.49. The van der Waals surface area contributed by atoms with Gasteiger partial charge in [0.05, 0.1) is 74.3 Å². The number of hydrogen-bond donors (Lipinski definition) is 8. The van der Waals surface area contributed by atoms with Crippen LogP contribution in [0.2, 0.25) is 0 Å². The summed E-state index contributed by atoms with van der Waals surface area (Å²) in [5.41, 5.74) is 4.00. The lowest BCUT2D eigenvalue weighted by molar-refractivity contribution is -0.302. The van der Waals surface area contributed by atoms with Crippen molar-refractivity contribution in [2.24, 2.45) is 59.2 Å². The number of cyclic esters (lactones) is 2. The molecule has 1 aromatic carbocycles. The highest BCUT2D eigenvalue weighted by Crippen LogP contribution is 2.43. The fourth-order valence-electron chi connectivity index (χ4n) is 20.4. The Morgan fingerprint density at radius 3 is 1.15 bits per heavy atom. The molecule has 128 heavy (non-hydrogen) atoms. The second-order valence-corrected chi connectivity index (χ2v) is 37.9. The number of methoxy groups -OCH3 is 6. The number of nitrogens with one attached hydrogen (secondary N) is 2. The van der Waals surface area contributed by atoms with Gasteiger partial charge in [-0.3, -0.25) is 28.8 Å². The lowest BCUT2D eigenvalue weighted by Gasteiger charge is -2.47. The maximum Gasteiger partial charge on any atom is 0.407 e. The third-order valence-corrected chi connectivity index (χ3v) is 28.1. The molecule has 2 aliphatic carbocycles. The average molecular weight is 1800 g/mol. The Hall–Kier alpha value is -7.28. The van der Waals surface area contributed by atoms with Crippen molar-refractivity contribution in [3.63, 3.8) is 0 Å². The quantitative estimate of drug-likeness (QED) is 0.0261. The molecule has 6 heterocycles. The van der Waals surface area contributed by atoms with Crippen molar-refractivity contribution in [1.29, 1.82) is 0 Å². The van der Waals surface area contributed by atoms with Gasteiger partial charge >= 0.3 is 24.1 Å². The second kappa shape index (κ2) is 48.4. The van der Waals surface area contributed by atoms with Crippen molar-refractivity contribution < 1.29 is 135 Å². The summed E-state index contributed by atoms with van der Waals surface area (Å²) in [5.74, 6) is -18.5. The Balaban J connectivity index is 0.860. The number of alkyl carbamates (subject to hydrolysis) is 2. The first-order valence-corrected chi connectivity index (χ1v) is 46.3. The minimum Gasteiger partial charge on any atom is -0.456 e. The Morgan fingerprint density at radius 2 is 0.805 bits per heavy atom. The number of esters is 2. The number of piperidine rings is 2. The van der Waals surface area contributed by atoms with Crippen LogP contribution in [0.15, 0.2) is 70.9 Å². The van der Waals surface area contributed by atoms with Gasteiger partial charge in [0.1, 0.15) is 48.1 Å². The molecular weight excluding hydrogens is 1660 g/mol. The van der Waals surface area contributed by atoms with Crippen LogP contribution in [-0.2, 0) is 108 Å². The number of amides is 4. The van der Waals surface area contributed by atoms with Crippen LogP contribution < -0.4 is 10.6 Å². The Kier molecular flexibility index (Phi) is 39.5. The maximum absolute atomic E-state index is 14.9. The van der Waals surface area contributed by atoms with Gasteiger partial charge in [-0.05, 0) is 202 Å². The predicted octanol–water partition coefficient (Wildman–Crippen LogP) is 9.07. The van der Waals surface area contributed by atoms with Gasteiger partial charge in [-0.2, -0.15) is 0 Å². The zero-order valence-corrected chi connectivity index (χ0v) is 78.0. The summed E-state index contributed by atoms with van der Waals surface area (Å²) >= 11 is 0. The molecule has 0 spiro atoms. The van der Waals surface area contributed by atoms with Crippen LogP contribution in [0.25, 0.3) is 0 Å². The van der Waals surface area contributed by atoms with E-state index in [-0.39, 0.29) is 113 Å². The van der Waals surface area contributed by atoms with E-state index in [0.29, 0.717) is 112 Å². The van der Waals surface area contributed by atoms with Crippen LogP contribution in [0.3, 0.4) is 0 Å². The van der Waals surface area contributed by atoms with E-state index in [1.807, 2.05) is 39.8 Å². The molecule has 0 aromatic heterocycles. The van der Waals surface area contributed by atoms with E-state index in [1.54, 1.807) is 78.0 Å². The predicted molar refractivity (Wildman–Crippen MR) is 468 cm³/mol. The van der Waals surface area contributed by atoms with Crippen molar-refractivity contribution in [3.8, 4) is 0 Å². The lowest BCUT2D eigenvalue weighted by atomic mass is 9.81. The second-order valence-electron chi connectivity index (χ2n) is 37.9. The SMILES string of the molecule is CO[C@H]1C[C@@H](C)C/C(C)=C/[C@@H](CCOC(=O)NCc2ccc(CNC(=O)OCC[C@@H]3/C=C(\C)C[C@H](C)C[C@H](OC)C4O[C@@](O)(C(=O)C(=O)N5CCCC[C@H]5C(=O)OC(/C(C)=C/[C@@H]5CC[C@@H](O)[C@H](OC)C5)[C@H](C)[C@@H](O)CC3=O)[C@H](C)C[C@H]4OC)cc2)C(=O)C[C@H](O)[C@@H](C)C(/C(C)=C/[C@@H]2CC[C@@H](O)[C@H](OC)C2)OC(=O)[C@@H]2CCCCN2C(=O)C(=O)[C@]2(O)OC1[C@H](OC)C[C@H]2C. The van der Waals surface area contributed by atoms with Gasteiger partial charge in [0.15, 0.2) is 0 Å². The van der Waals surface area contributed by atoms with Crippen molar-refractivity contribution in [1.82, 2.24) is 20.4 Å². The molecule has 28 atom stereocenters. The van der Waals surface area contributed by atoms with E-state index in [4.69, 9.17) is 56.8 Å². The number of rotatable bonds is 20. The lowest BCUT2D eigenvalue weighted by Crippen LogP contribution is -2.64. The van der Waals surface area contributed by atoms with Crippen molar-refractivity contribution in [2.45, 2.75) is 333 Å². The van der Waals surface area contributed by atoms with Crippen LogP contribution in [0.1, 0.15) is 222 Å². The van der Waals surface area contributed by atoms with Gasteiger partial charge in [0.25, 0.3) is 23.4 Å². The summed E-state index contributed by atoms with van der Waals surface area (Å²) in [6.07, 6.45) is -0.410. The monoisotopic (exact) mass is 1800 g/mol. The van der Waals surface area contributed by atoms with Gasteiger partial charge in [-0.15, -0.1) is 0 Å². The first kappa shape index (κ1) is 104. The summed E-state index contributed by atoms with van der Waals surface area (Å²) < 4.78 is 72.0. The van der Waals surface area contributed by atoms with E-state index in [0.717, 1.165) is 20.9 Å². The fraction of sp³-hybridized carbons (Fsp3) is 0.750. The minimum absolute atomic E-state index is 0.00138. The van der Waals surface area contributed by atoms with Gasteiger partial charge in [-0.25, -0.2) is 19.2 Å². The molecule has 32 heteroatoms. The number of benzene rings is 1. The molecule has 8 aliphatic rings. The molecule has 32 nitrogen and oxygen atoms in total. The number of ketones is 4. The van der Waals surface area contributed by atoms with Crippen molar-refractivity contribution >= 4 is 59.1 Å². The molecule has 4 bridgehead atoms. The van der Waals surface area contributed by atoms with Crippen LogP contribution >= 0.6 is 0 Å². The van der Waals surface area contributed by atoms with E-state index in [2.05, 4.69) is 10.6 Å². The average Bonchev–Trinajstić information content (AvgIpc) is 0.776. The zero-order valence-electron chi connectivity index (χ0n) is 78.0. The largest absolute Gasteiger partial charge is 0.456 e. The van der Waals surface area contributed by atoms with Gasteiger partial charge < -0.3 is 108 Å². The summed E-state index contributed by atoms with van der Waals surface area (Å²) in [5, 5.41) is 76.1. The number of nitrogens with zero attached hydrogens (tertiary/aromatic N) is 2. The van der Waals surface area contributed by atoms with Gasteiger partial charge in [-0.1, -0.05) is 101 Å².